The third-order valence-corrected chi connectivity index (χ3v) is 3.78. The summed E-state index contributed by atoms with van der Waals surface area (Å²) in [6.45, 7) is 0. The zero-order chi connectivity index (χ0) is 15.2. The second kappa shape index (κ2) is 6.98. The smallest absolute Gasteiger partial charge is 0.319 e. The predicted molar refractivity (Wildman–Crippen MR) is 87.4 cm³/mol. The number of nitrogens with one attached hydrogen (secondary N) is 2. The van der Waals surface area contributed by atoms with Gasteiger partial charge < -0.3 is 15.4 Å². The largest absolute Gasteiger partial charge is 0.457 e. The van der Waals surface area contributed by atoms with Crippen LogP contribution in [0.3, 0.4) is 0 Å². The van der Waals surface area contributed by atoms with E-state index < -0.39 is 0 Å². The van der Waals surface area contributed by atoms with Gasteiger partial charge in [-0.3, -0.25) is 0 Å². The van der Waals surface area contributed by atoms with Crippen molar-refractivity contribution in [1.29, 1.82) is 0 Å². The third kappa shape index (κ3) is 4.01. The zero-order valence-electron chi connectivity index (χ0n) is 12.4. The molecule has 2 amide bonds. The van der Waals surface area contributed by atoms with Crippen molar-refractivity contribution < 1.29 is 9.53 Å². The number of para-hydroxylation sites is 1. The van der Waals surface area contributed by atoms with Crippen LogP contribution in [0.5, 0.6) is 11.5 Å². The van der Waals surface area contributed by atoms with Gasteiger partial charge in [0.25, 0.3) is 0 Å². The molecular formula is C18H20N2O2. The number of benzene rings is 2. The molecule has 0 spiro atoms. The van der Waals surface area contributed by atoms with E-state index in [-0.39, 0.29) is 6.03 Å². The van der Waals surface area contributed by atoms with E-state index in [1.54, 1.807) is 0 Å². The van der Waals surface area contributed by atoms with E-state index in [1.165, 1.54) is 12.8 Å². The standard InChI is InChI=1S/C18H20N2O2/c21-18(19-14-6-4-5-7-14)20-15-10-12-17(13-11-15)22-16-8-2-1-3-9-16/h1-3,8-14H,4-7H2,(H2,19,20,21). The summed E-state index contributed by atoms with van der Waals surface area (Å²) < 4.78 is 5.72. The molecule has 1 fully saturated rings. The molecule has 4 heteroatoms. The first kappa shape index (κ1) is 14.4. The lowest BCUT2D eigenvalue weighted by Crippen LogP contribution is -2.36. The van der Waals surface area contributed by atoms with Crippen molar-refractivity contribution in [3.63, 3.8) is 0 Å². The fourth-order valence-corrected chi connectivity index (χ4v) is 2.65. The fourth-order valence-electron chi connectivity index (χ4n) is 2.65. The van der Waals surface area contributed by atoms with Gasteiger partial charge in [0, 0.05) is 11.7 Å². The van der Waals surface area contributed by atoms with Crippen molar-refractivity contribution in [3.8, 4) is 11.5 Å². The molecule has 1 saturated carbocycles. The Bertz CT molecular complexity index is 605. The molecule has 0 saturated heterocycles. The molecule has 0 aromatic heterocycles. The summed E-state index contributed by atoms with van der Waals surface area (Å²) in [5, 5.41) is 5.85. The van der Waals surface area contributed by atoms with Crippen LogP contribution in [-0.4, -0.2) is 12.1 Å². The Morgan fingerprint density at radius 1 is 0.909 bits per heavy atom. The maximum Gasteiger partial charge on any atom is 0.319 e. The SMILES string of the molecule is O=C(Nc1ccc(Oc2ccccc2)cc1)NC1CCCC1. The Hall–Kier alpha value is -2.49. The maximum atomic E-state index is 11.9. The van der Waals surface area contributed by atoms with Crippen LogP contribution in [0.25, 0.3) is 0 Å². The van der Waals surface area contributed by atoms with Crippen LogP contribution in [-0.2, 0) is 0 Å². The van der Waals surface area contributed by atoms with Crippen molar-refractivity contribution in [2.24, 2.45) is 0 Å². The quantitative estimate of drug-likeness (QED) is 0.870. The van der Waals surface area contributed by atoms with Crippen LogP contribution >= 0.6 is 0 Å². The minimum absolute atomic E-state index is 0.136. The van der Waals surface area contributed by atoms with Crippen LogP contribution in [0.4, 0.5) is 10.5 Å². The minimum Gasteiger partial charge on any atom is -0.457 e. The van der Waals surface area contributed by atoms with Crippen molar-refractivity contribution in [3.05, 3.63) is 54.6 Å². The molecule has 0 heterocycles. The molecule has 0 radical (unpaired) electrons. The number of anilines is 1. The van der Waals surface area contributed by atoms with Crippen LogP contribution < -0.4 is 15.4 Å². The molecule has 4 nitrogen and oxygen atoms in total. The molecule has 114 valence electrons. The van der Waals surface area contributed by atoms with Gasteiger partial charge in [0.15, 0.2) is 0 Å². The highest BCUT2D eigenvalue weighted by Crippen LogP contribution is 2.23. The first-order valence-corrected chi connectivity index (χ1v) is 7.70. The number of rotatable bonds is 4. The molecule has 0 aliphatic heterocycles. The summed E-state index contributed by atoms with van der Waals surface area (Å²) in [4.78, 5) is 11.9. The van der Waals surface area contributed by atoms with Gasteiger partial charge in [-0.05, 0) is 49.2 Å². The van der Waals surface area contributed by atoms with Gasteiger partial charge in [-0.25, -0.2) is 4.79 Å². The highest BCUT2D eigenvalue weighted by molar-refractivity contribution is 5.89. The van der Waals surface area contributed by atoms with Crippen LogP contribution in [0.15, 0.2) is 54.6 Å². The summed E-state index contributed by atoms with van der Waals surface area (Å²) in [5.41, 5.74) is 0.760. The monoisotopic (exact) mass is 296 g/mol. The average Bonchev–Trinajstić information content (AvgIpc) is 3.03. The molecule has 0 bridgehead atoms. The van der Waals surface area contributed by atoms with Gasteiger partial charge in [-0.2, -0.15) is 0 Å². The van der Waals surface area contributed by atoms with Crippen LogP contribution in [0.2, 0.25) is 0 Å². The minimum atomic E-state index is -0.136. The number of amides is 2. The molecule has 2 aromatic rings. The maximum absolute atomic E-state index is 11.9. The molecule has 1 aliphatic rings. The first-order valence-electron chi connectivity index (χ1n) is 7.70. The van der Waals surface area contributed by atoms with E-state index in [2.05, 4.69) is 10.6 Å². The Labute approximate surface area is 130 Å². The molecule has 0 atom stereocenters. The lowest BCUT2D eigenvalue weighted by molar-refractivity contribution is 0.248. The lowest BCUT2D eigenvalue weighted by atomic mass is 10.2. The predicted octanol–water partition coefficient (Wildman–Crippen LogP) is 4.54. The Kier molecular flexibility index (Phi) is 4.59. The molecule has 0 unspecified atom stereocenters. The van der Waals surface area contributed by atoms with Gasteiger partial charge >= 0.3 is 6.03 Å². The summed E-state index contributed by atoms with van der Waals surface area (Å²) in [6.07, 6.45) is 4.57. The van der Waals surface area contributed by atoms with Gasteiger partial charge in [0.2, 0.25) is 0 Å². The molecule has 1 aliphatic carbocycles. The van der Waals surface area contributed by atoms with Crippen molar-refractivity contribution in [2.45, 2.75) is 31.7 Å². The number of urea groups is 1. The van der Waals surface area contributed by atoms with E-state index in [1.807, 2.05) is 54.6 Å². The Morgan fingerprint density at radius 3 is 2.23 bits per heavy atom. The van der Waals surface area contributed by atoms with Crippen LogP contribution in [0, 0.1) is 0 Å². The molecule has 2 N–H and O–H groups in total. The van der Waals surface area contributed by atoms with E-state index in [0.717, 1.165) is 30.0 Å². The number of hydrogen-bond donors (Lipinski definition) is 2. The topological polar surface area (TPSA) is 50.4 Å². The number of carbonyl (C=O) groups excluding carboxylic acids is 1. The first-order chi connectivity index (χ1) is 10.8. The molecular weight excluding hydrogens is 276 g/mol. The normalized spacial score (nSPS) is 14.5. The van der Waals surface area contributed by atoms with E-state index in [9.17, 15) is 4.79 Å². The molecule has 22 heavy (non-hydrogen) atoms. The highest BCUT2D eigenvalue weighted by atomic mass is 16.5. The van der Waals surface area contributed by atoms with Crippen LogP contribution in [0.1, 0.15) is 25.7 Å². The average molecular weight is 296 g/mol. The van der Waals surface area contributed by atoms with Crippen molar-refractivity contribution >= 4 is 11.7 Å². The summed E-state index contributed by atoms with van der Waals surface area (Å²) in [5.74, 6) is 1.54. The van der Waals surface area contributed by atoms with Gasteiger partial charge in [-0.15, -0.1) is 0 Å². The fraction of sp³-hybridized carbons (Fsp3) is 0.278. The Morgan fingerprint density at radius 2 is 1.55 bits per heavy atom. The molecule has 2 aromatic carbocycles. The number of carbonyl (C=O) groups is 1. The Balaban J connectivity index is 1.53. The number of ether oxygens (including phenoxy) is 1. The van der Waals surface area contributed by atoms with E-state index >= 15 is 0 Å². The van der Waals surface area contributed by atoms with E-state index in [0.29, 0.717) is 6.04 Å². The summed E-state index contributed by atoms with van der Waals surface area (Å²) >= 11 is 0. The van der Waals surface area contributed by atoms with Crippen molar-refractivity contribution in [1.82, 2.24) is 5.32 Å². The van der Waals surface area contributed by atoms with Crippen molar-refractivity contribution in [2.75, 3.05) is 5.32 Å². The highest BCUT2D eigenvalue weighted by Gasteiger charge is 2.16. The van der Waals surface area contributed by atoms with Gasteiger partial charge in [0.05, 0.1) is 0 Å². The second-order valence-corrected chi connectivity index (χ2v) is 5.52. The second-order valence-electron chi connectivity index (χ2n) is 5.52. The summed E-state index contributed by atoms with van der Waals surface area (Å²) in [6, 6.07) is 17.2. The lowest BCUT2D eigenvalue weighted by Gasteiger charge is -2.13. The summed E-state index contributed by atoms with van der Waals surface area (Å²) in [7, 11) is 0. The number of hydrogen-bond acceptors (Lipinski definition) is 2. The zero-order valence-corrected chi connectivity index (χ0v) is 12.4. The molecule has 3 rings (SSSR count). The third-order valence-electron chi connectivity index (χ3n) is 3.78. The van der Waals surface area contributed by atoms with Gasteiger partial charge in [-0.1, -0.05) is 31.0 Å². The van der Waals surface area contributed by atoms with Gasteiger partial charge in [0.1, 0.15) is 11.5 Å². The van der Waals surface area contributed by atoms with E-state index in [4.69, 9.17) is 4.74 Å².